The fourth-order valence-corrected chi connectivity index (χ4v) is 15.9. The van der Waals surface area contributed by atoms with Crippen molar-refractivity contribution in [2.24, 2.45) is 11.3 Å². The zero-order valence-electron chi connectivity index (χ0n) is 36.1. The number of aromatic nitrogens is 3. The molecule has 0 spiro atoms. The van der Waals surface area contributed by atoms with Crippen molar-refractivity contribution in [2.75, 3.05) is 18.1 Å². The lowest BCUT2D eigenvalue weighted by atomic mass is 9.88. The van der Waals surface area contributed by atoms with Gasteiger partial charge in [0.15, 0.2) is 5.82 Å². The number of carbonyl (C=O) groups is 2. The molecule has 9 nitrogen and oxygen atoms in total. The van der Waals surface area contributed by atoms with E-state index in [0.717, 1.165) is 24.5 Å². The molecular weight excluding hydrogens is 765 g/mol. The van der Waals surface area contributed by atoms with Gasteiger partial charge in [-0.3, -0.25) is 4.90 Å². The van der Waals surface area contributed by atoms with E-state index < -0.39 is 30.7 Å². The van der Waals surface area contributed by atoms with Crippen LogP contribution in [0.15, 0.2) is 30.3 Å². The monoisotopic (exact) mass is 821 g/mol. The maximum absolute atomic E-state index is 17.7. The molecule has 4 aliphatic rings. The van der Waals surface area contributed by atoms with E-state index in [4.69, 9.17) is 24.4 Å². The van der Waals surface area contributed by atoms with Gasteiger partial charge < -0.3 is 19.2 Å². The summed E-state index contributed by atoms with van der Waals surface area (Å²) in [4.78, 5) is 44.7. The van der Waals surface area contributed by atoms with Crippen LogP contribution in [-0.2, 0) is 16.0 Å². The molecule has 2 aromatic carbocycles. The van der Waals surface area contributed by atoms with Crippen molar-refractivity contribution >= 4 is 47.9 Å². The quantitative estimate of drug-likeness (QED) is 0.0985. The topological polar surface area (TPSA) is 97.7 Å². The molecule has 3 fully saturated rings. The Labute approximate surface area is 347 Å². The molecule has 59 heavy (non-hydrogen) atoms. The van der Waals surface area contributed by atoms with Gasteiger partial charge in [-0.2, -0.15) is 9.97 Å². The van der Waals surface area contributed by atoms with E-state index in [1.54, 1.807) is 12.1 Å². The Morgan fingerprint density at radius 1 is 1.00 bits per heavy atom. The van der Waals surface area contributed by atoms with Crippen molar-refractivity contribution in [3.8, 4) is 28.7 Å². The molecule has 2 bridgehead atoms. The lowest BCUT2D eigenvalue weighted by Gasteiger charge is -2.49. The van der Waals surface area contributed by atoms with E-state index in [0.29, 0.717) is 70.3 Å². The van der Waals surface area contributed by atoms with Crippen LogP contribution in [-0.4, -0.2) is 77.2 Å². The number of hydrogen-bond acceptors (Lipinski definition) is 8. The Kier molecular flexibility index (Phi) is 10.3. The highest BCUT2D eigenvalue weighted by Crippen LogP contribution is 2.48. The SMILES string of the molecule is CC(C)[Si](C#Cc1c(F)ccc2cccc(-c3nc4c5c(nc(OCC6(C=O)CC6)nc5c3F)N3C[C@H]5CC[C@@H]([C@@H]3[C@@H](C)C4)N5C(=O)OC(C)(C)C)c12)(C(C)C)C(C)C. The first-order chi connectivity index (χ1) is 27.9. The normalized spacial score (nSPS) is 22.1. The number of nitrogens with zero attached hydrogens (tertiary/aromatic N) is 5. The highest BCUT2D eigenvalue weighted by molar-refractivity contribution is 6.90. The third-order valence-corrected chi connectivity index (χ3v) is 19.9. The van der Waals surface area contributed by atoms with E-state index in [9.17, 15) is 9.59 Å². The number of pyridine rings is 1. The largest absolute Gasteiger partial charge is 0.462 e. The highest BCUT2D eigenvalue weighted by atomic mass is 28.3. The van der Waals surface area contributed by atoms with Crippen LogP contribution in [0.4, 0.5) is 19.4 Å². The second-order valence-corrected chi connectivity index (χ2v) is 25.1. The number of hydrogen-bond donors (Lipinski definition) is 0. The maximum Gasteiger partial charge on any atom is 0.410 e. The van der Waals surface area contributed by atoms with E-state index >= 15 is 8.78 Å². The summed E-state index contributed by atoms with van der Waals surface area (Å²) in [5.41, 5.74) is 4.86. The molecule has 2 saturated heterocycles. The average molecular weight is 822 g/mol. The number of carbonyl (C=O) groups excluding carboxylic acids is 2. The van der Waals surface area contributed by atoms with E-state index in [-0.39, 0.29) is 59.5 Å². The number of benzene rings is 2. The average Bonchev–Trinajstić information content (AvgIpc) is 3.91. The van der Waals surface area contributed by atoms with Gasteiger partial charge in [0.1, 0.15) is 49.4 Å². The van der Waals surface area contributed by atoms with Gasteiger partial charge in [0.25, 0.3) is 0 Å². The van der Waals surface area contributed by atoms with Gasteiger partial charge >= 0.3 is 12.1 Å². The number of fused-ring (bicyclic) bond motifs is 6. The Morgan fingerprint density at radius 2 is 1.71 bits per heavy atom. The number of amides is 1. The Balaban J connectivity index is 1.33. The van der Waals surface area contributed by atoms with Crippen molar-refractivity contribution < 1.29 is 27.8 Å². The Bertz CT molecular complexity index is 2390. The molecule has 5 heterocycles. The molecule has 0 radical (unpaired) electrons. The molecule has 8 rings (SSSR count). The minimum absolute atomic E-state index is 0.0225. The first-order valence-corrected chi connectivity index (χ1v) is 23.6. The summed E-state index contributed by atoms with van der Waals surface area (Å²) >= 11 is 0. The van der Waals surface area contributed by atoms with Gasteiger partial charge in [-0.25, -0.2) is 18.6 Å². The second kappa shape index (κ2) is 14.8. The summed E-state index contributed by atoms with van der Waals surface area (Å²) in [6.07, 6.45) is 4.05. The predicted molar refractivity (Wildman–Crippen MR) is 230 cm³/mol. The lowest BCUT2D eigenvalue weighted by molar-refractivity contribution is -0.113. The molecule has 1 aliphatic carbocycles. The molecule has 2 aromatic heterocycles. The van der Waals surface area contributed by atoms with Crippen LogP contribution in [0, 0.1) is 34.4 Å². The third kappa shape index (κ3) is 6.95. The maximum atomic E-state index is 17.7. The Morgan fingerprint density at radius 3 is 2.36 bits per heavy atom. The fourth-order valence-electron chi connectivity index (χ4n) is 10.7. The minimum Gasteiger partial charge on any atom is -0.462 e. The van der Waals surface area contributed by atoms with Gasteiger partial charge in [-0.1, -0.05) is 78.7 Å². The summed E-state index contributed by atoms with van der Waals surface area (Å²) in [5, 5.41) is 1.74. The number of rotatable bonds is 8. The van der Waals surface area contributed by atoms with E-state index in [1.165, 1.54) is 6.07 Å². The van der Waals surface area contributed by atoms with Crippen LogP contribution in [0.2, 0.25) is 16.6 Å². The zero-order chi connectivity index (χ0) is 42.3. The van der Waals surface area contributed by atoms with E-state index in [2.05, 4.69) is 64.8 Å². The lowest BCUT2D eigenvalue weighted by Crippen LogP contribution is -2.63. The first kappa shape index (κ1) is 41.1. The van der Waals surface area contributed by atoms with Crippen LogP contribution in [0.3, 0.4) is 0 Å². The first-order valence-electron chi connectivity index (χ1n) is 21.4. The molecule has 4 atom stereocenters. The van der Waals surface area contributed by atoms with Crippen LogP contribution >= 0.6 is 0 Å². The van der Waals surface area contributed by atoms with Crippen LogP contribution in [0.5, 0.6) is 6.01 Å². The summed E-state index contributed by atoms with van der Waals surface area (Å²) in [6.45, 7) is 21.7. The standard InChI is InChI=1S/C47H57F2N5O4Si/c1-26(2)59(27(3)4,28(5)6)21-18-32-34(48)16-14-30-12-11-13-33(37(30)32)40-39(49)41-38-35(50-40)22-29(7)42-36-17-15-31(54(36)45(56)58-46(8,9)10)23-53(42)43(38)52-44(51-41)57-25-47(24-55)19-20-47/h11-14,16,24,26-29,31,36,42H,15,17,19-20,22-23,25H2,1-10H3/t29-,31+,36-,42-/m0/s1. The molecular formula is C47H57F2N5O4Si. The summed E-state index contributed by atoms with van der Waals surface area (Å²) < 4.78 is 46.1. The predicted octanol–water partition coefficient (Wildman–Crippen LogP) is 10.2. The van der Waals surface area contributed by atoms with E-state index in [1.807, 2.05) is 37.8 Å². The van der Waals surface area contributed by atoms with Crippen LogP contribution in [0.1, 0.15) is 106 Å². The van der Waals surface area contributed by atoms with Crippen molar-refractivity contribution in [1.82, 2.24) is 19.9 Å². The van der Waals surface area contributed by atoms with Gasteiger partial charge in [0.2, 0.25) is 0 Å². The van der Waals surface area contributed by atoms with Crippen LogP contribution in [0.25, 0.3) is 32.9 Å². The minimum atomic E-state index is -2.27. The summed E-state index contributed by atoms with van der Waals surface area (Å²) in [5.74, 6) is 2.70. The smallest absolute Gasteiger partial charge is 0.410 e. The van der Waals surface area contributed by atoms with Crippen molar-refractivity contribution in [2.45, 2.75) is 142 Å². The molecule has 12 heteroatoms. The molecule has 4 aromatic rings. The molecule has 0 N–H and O–H groups in total. The molecule has 312 valence electrons. The molecule has 0 unspecified atom stereocenters. The third-order valence-electron chi connectivity index (χ3n) is 13.7. The van der Waals surface area contributed by atoms with Crippen molar-refractivity contribution in [3.63, 3.8) is 0 Å². The van der Waals surface area contributed by atoms with Gasteiger partial charge in [-0.15, -0.1) is 5.54 Å². The number of ether oxygens (including phenoxy) is 2. The molecule has 1 amide bonds. The van der Waals surface area contributed by atoms with Crippen LogP contribution < -0.4 is 9.64 Å². The molecule has 3 aliphatic heterocycles. The Hall–Kier alpha value is -4.63. The number of piperazine rings is 1. The zero-order valence-corrected chi connectivity index (χ0v) is 37.1. The van der Waals surface area contributed by atoms with Crippen molar-refractivity contribution in [1.29, 1.82) is 0 Å². The highest BCUT2D eigenvalue weighted by Gasteiger charge is 2.53. The van der Waals surface area contributed by atoms with Crippen molar-refractivity contribution in [3.05, 3.63) is 53.2 Å². The number of aldehydes is 1. The van der Waals surface area contributed by atoms with Gasteiger partial charge in [0.05, 0.1) is 40.2 Å². The molecule has 1 saturated carbocycles. The number of halogens is 2. The summed E-state index contributed by atoms with van der Waals surface area (Å²) in [7, 11) is -2.27. The fraction of sp³-hybridized carbons (Fsp3) is 0.553. The van der Waals surface area contributed by atoms with Gasteiger partial charge in [-0.05, 0) is 86.9 Å². The summed E-state index contributed by atoms with van der Waals surface area (Å²) in [6, 6.07) is 8.17. The number of anilines is 1. The second-order valence-electron chi connectivity index (χ2n) is 19.5. The van der Waals surface area contributed by atoms with Gasteiger partial charge in [0, 0.05) is 17.5 Å².